The van der Waals surface area contributed by atoms with Crippen LogP contribution in [0.1, 0.15) is 72.1 Å². The molecule has 2 N–H and O–H groups in total. The van der Waals surface area contributed by atoms with E-state index in [0.29, 0.717) is 23.6 Å². The molecule has 0 aromatic heterocycles. The number of aliphatic imine (C=N–C) groups is 1. The highest BCUT2D eigenvalue weighted by molar-refractivity contribution is 14.0. The van der Waals surface area contributed by atoms with Gasteiger partial charge in [-0.15, -0.1) is 24.0 Å². The molecule has 2 unspecified atom stereocenters. The van der Waals surface area contributed by atoms with Crippen LogP contribution in [0.4, 0.5) is 0 Å². The van der Waals surface area contributed by atoms with Crippen molar-refractivity contribution in [2.24, 2.45) is 16.3 Å². The SMILES string of the molecule is CCOC1CC(NC(=NC)NC2CCN(C(=O)C(C)C)CC2)C12CCCCC2.I. The van der Waals surface area contributed by atoms with Gasteiger partial charge in [0.25, 0.3) is 0 Å². The highest BCUT2D eigenvalue weighted by Gasteiger charge is 2.55. The van der Waals surface area contributed by atoms with Crippen LogP contribution in [0.25, 0.3) is 0 Å². The second-order valence-electron chi connectivity index (χ2n) is 9.14. The van der Waals surface area contributed by atoms with Crippen LogP contribution in [-0.4, -0.2) is 61.7 Å². The third kappa shape index (κ3) is 5.57. The van der Waals surface area contributed by atoms with Crippen molar-refractivity contribution < 1.29 is 9.53 Å². The lowest BCUT2D eigenvalue weighted by Crippen LogP contribution is -2.67. The number of carbonyl (C=O) groups excluding carboxylic acids is 1. The van der Waals surface area contributed by atoms with Gasteiger partial charge in [-0.25, -0.2) is 0 Å². The van der Waals surface area contributed by atoms with Crippen LogP contribution >= 0.6 is 24.0 Å². The van der Waals surface area contributed by atoms with Crippen LogP contribution in [0.2, 0.25) is 0 Å². The third-order valence-electron chi connectivity index (χ3n) is 7.11. The molecule has 6 nitrogen and oxygen atoms in total. The van der Waals surface area contributed by atoms with Crippen LogP contribution in [-0.2, 0) is 9.53 Å². The number of halogens is 1. The molecule has 7 heteroatoms. The molecule has 1 saturated heterocycles. The molecule has 0 bridgehead atoms. The number of rotatable bonds is 5. The number of nitrogens with zero attached hydrogens (tertiary/aromatic N) is 2. The van der Waals surface area contributed by atoms with Crippen molar-refractivity contribution in [2.45, 2.75) is 90.3 Å². The van der Waals surface area contributed by atoms with Gasteiger partial charge in [-0.05, 0) is 39.0 Å². The van der Waals surface area contributed by atoms with Crippen molar-refractivity contribution in [3.05, 3.63) is 0 Å². The molecule has 0 radical (unpaired) electrons. The van der Waals surface area contributed by atoms with E-state index in [1.165, 1.54) is 32.1 Å². The number of carbonyl (C=O) groups is 1. The summed E-state index contributed by atoms with van der Waals surface area (Å²) in [6, 6.07) is 0.839. The lowest BCUT2D eigenvalue weighted by Gasteiger charge is -2.58. The first-order chi connectivity index (χ1) is 13.5. The predicted octanol–water partition coefficient (Wildman–Crippen LogP) is 3.54. The van der Waals surface area contributed by atoms with E-state index in [9.17, 15) is 4.79 Å². The maximum Gasteiger partial charge on any atom is 0.225 e. The largest absolute Gasteiger partial charge is 0.378 e. The van der Waals surface area contributed by atoms with E-state index in [1.807, 2.05) is 25.8 Å². The number of guanidine groups is 1. The van der Waals surface area contributed by atoms with Crippen molar-refractivity contribution in [1.82, 2.24) is 15.5 Å². The fourth-order valence-electron chi connectivity index (χ4n) is 5.40. The molecule has 1 heterocycles. The van der Waals surface area contributed by atoms with E-state index in [1.54, 1.807) is 0 Å². The summed E-state index contributed by atoms with van der Waals surface area (Å²) in [5.41, 5.74) is 0.291. The molecule has 3 fully saturated rings. The number of hydrogen-bond acceptors (Lipinski definition) is 3. The van der Waals surface area contributed by atoms with E-state index in [2.05, 4.69) is 22.5 Å². The summed E-state index contributed by atoms with van der Waals surface area (Å²) in [6.07, 6.45) is 9.96. The molecular weight excluding hydrogens is 479 g/mol. The van der Waals surface area contributed by atoms with Gasteiger partial charge in [-0.3, -0.25) is 9.79 Å². The Kier molecular flexibility index (Phi) is 9.51. The van der Waals surface area contributed by atoms with Gasteiger partial charge >= 0.3 is 0 Å². The minimum absolute atomic E-state index is 0. The summed E-state index contributed by atoms with van der Waals surface area (Å²) < 4.78 is 6.08. The number of amides is 1. The number of hydrogen-bond donors (Lipinski definition) is 2. The van der Waals surface area contributed by atoms with Gasteiger partial charge in [-0.2, -0.15) is 0 Å². The second-order valence-corrected chi connectivity index (χ2v) is 9.14. The normalized spacial score (nSPS) is 27.3. The lowest BCUT2D eigenvalue weighted by atomic mass is 9.55. The van der Waals surface area contributed by atoms with Crippen molar-refractivity contribution in [2.75, 3.05) is 26.7 Å². The molecule has 168 valence electrons. The monoisotopic (exact) mass is 520 g/mol. The first-order valence-corrected chi connectivity index (χ1v) is 11.4. The lowest BCUT2D eigenvalue weighted by molar-refractivity contribution is -0.145. The number of ether oxygens (including phenoxy) is 1. The van der Waals surface area contributed by atoms with E-state index < -0.39 is 0 Å². The average molecular weight is 521 g/mol. The molecule has 0 aromatic rings. The Morgan fingerprint density at radius 3 is 2.38 bits per heavy atom. The molecule has 0 aromatic carbocycles. The minimum Gasteiger partial charge on any atom is -0.378 e. The average Bonchev–Trinajstić information content (AvgIpc) is 2.72. The number of piperidine rings is 1. The van der Waals surface area contributed by atoms with Crippen LogP contribution in [0.15, 0.2) is 4.99 Å². The molecule has 3 aliphatic rings. The molecule has 3 rings (SSSR count). The van der Waals surface area contributed by atoms with E-state index >= 15 is 0 Å². The standard InChI is InChI=1S/C22H40N4O2.HI/c1-5-28-19-15-18(22(19)11-7-6-8-12-22)25-21(23-4)24-17-9-13-26(14-10-17)20(27)16(2)3;/h16-19H,5-15H2,1-4H3,(H2,23,24,25);1H. The molecule has 1 aliphatic heterocycles. The fraction of sp³-hybridized carbons (Fsp3) is 0.909. The third-order valence-corrected chi connectivity index (χ3v) is 7.11. The van der Waals surface area contributed by atoms with Crippen LogP contribution in [0.5, 0.6) is 0 Å². The first kappa shape index (κ1) is 24.7. The summed E-state index contributed by atoms with van der Waals surface area (Å²) in [4.78, 5) is 18.7. The van der Waals surface area contributed by atoms with E-state index in [0.717, 1.165) is 44.9 Å². The summed E-state index contributed by atoms with van der Waals surface area (Å²) in [7, 11) is 1.86. The van der Waals surface area contributed by atoms with Crippen molar-refractivity contribution in [3.8, 4) is 0 Å². The van der Waals surface area contributed by atoms with Gasteiger partial charge in [-0.1, -0.05) is 33.1 Å². The predicted molar refractivity (Wildman–Crippen MR) is 129 cm³/mol. The summed E-state index contributed by atoms with van der Waals surface area (Å²) in [5, 5.41) is 7.35. The van der Waals surface area contributed by atoms with Crippen molar-refractivity contribution >= 4 is 35.8 Å². The Balaban J connectivity index is 0.00000300. The van der Waals surface area contributed by atoms with Gasteiger partial charge in [0.1, 0.15) is 0 Å². The van der Waals surface area contributed by atoms with Crippen LogP contribution < -0.4 is 10.6 Å². The highest BCUT2D eigenvalue weighted by atomic mass is 127. The van der Waals surface area contributed by atoms with Crippen LogP contribution in [0, 0.1) is 11.3 Å². The van der Waals surface area contributed by atoms with Gasteiger partial charge in [0.15, 0.2) is 5.96 Å². The van der Waals surface area contributed by atoms with E-state index in [-0.39, 0.29) is 35.8 Å². The summed E-state index contributed by atoms with van der Waals surface area (Å²) in [5.74, 6) is 1.28. The summed E-state index contributed by atoms with van der Waals surface area (Å²) in [6.45, 7) is 8.55. The number of nitrogens with one attached hydrogen (secondary N) is 2. The highest BCUT2D eigenvalue weighted by Crippen LogP contribution is 2.53. The first-order valence-electron chi connectivity index (χ1n) is 11.4. The molecule has 1 spiro atoms. The van der Waals surface area contributed by atoms with Gasteiger partial charge in [0, 0.05) is 50.2 Å². The number of likely N-dealkylation sites (tertiary alicyclic amines) is 1. The van der Waals surface area contributed by atoms with E-state index in [4.69, 9.17) is 4.74 Å². The Morgan fingerprint density at radius 2 is 1.83 bits per heavy atom. The second kappa shape index (κ2) is 11.2. The topological polar surface area (TPSA) is 66.0 Å². The molecule has 2 atom stereocenters. The molecule has 2 saturated carbocycles. The molecule has 29 heavy (non-hydrogen) atoms. The Bertz CT molecular complexity index is 555. The van der Waals surface area contributed by atoms with Gasteiger partial charge in [0.2, 0.25) is 5.91 Å². The Labute approximate surface area is 194 Å². The van der Waals surface area contributed by atoms with Crippen LogP contribution in [0.3, 0.4) is 0 Å². The van der Waals surface area contributed by atoms with Crippen molar-refractivity contribution in [1.29, 1.82) is 0 Å². The Morgan fingerprint density at radius 1 is 1.17 bits per heavy atom. The maximum absolute atomic E-state index is 12.2. The molecule has 1 amide bonds. The summed E-state index contributed by atoms with van der Waals surface area (Å²) >= 11 is 0. The Hall–Kier alpha value is -0.570. The van der Waals surface area contributed by atoms with Gasteiger partial charge < -0.3 is 20.3 Å². The van der Waals surface area contributed by atoms with Crippen molar-refractivity contribution in [3.63, 3.8) is 0 Å². The zero-order chi connectivity index (χ0) is 20.1. The zero-order valence-corrected chi connectivity index (χ0v) is 21.0. The molecular formula is C22H41IN4O2. The molecule has 2 aliphatic carbocycles. The van der Waals surface area contributed by atoms with Gasteiger partial charge in [0.05, 0.1) is 6.10 Å². The maximum atomic E-state index is 12.2. The zero-order valence-electron chi connectivity index (χ0n) is 18.7. The minimum atomic E-state index is 0. The quantitative estimate of drug-likeness (QED) is 0.331. The fourth-order valence-corrected chi connectivity index (χ4v) is 5.40. The smallest absolute Gasteiger partial charge is 0.225 e.